The van der Waals surface area contributed by atoms with Crippen molar-refractivity contribution in [3.8, 4) is 0 Å². The first kappa shape index (κ1) is 18.2. The minimum absolute atomic E-state index is 0.116. The van der Waals surface area contributed by atoms with Gasteiger partial charge in [0, 0.05) is 17.5 Å². The zero-order valence-corrected chi connectivity index (χ0v) is 14.2. The van der Waals surface area contributed by atoms with Crippen LogP contribution in [0.3, 0.4) is 0 Å². The summed E-state index contributed by atoms with van der Waals surface area (Å²) in [5.41, 5.74) is 2.41. The summed E-state index contributed by atoms with van der Waals surface area (Å²) in [6.07, 6.45) is 0.786. The van der Waals surface area contributed by atoms with Gasteiger partial charge in [0.05, 0.1) is 6.61 Å². The summed E-state index contributed by atoms with van der Waals surface area (Å²) in [6.45, 7) is 0.282. The molecule has 0 aromatic heterocycles. The van der Waals surface area contributed by atoms with Crippen LogP contribution in [0.25, 0.3) is 0 Å². The van der Waals surface area contributed by atoms with Crippen molar-refractivity contribution in [2.75, 3.05) is 6.61 Å². The normalized spacial score (nSPS) is 15.6. The van der Waals surface area contributed by atoms with E-state index >= 15 is 0 Å². The predicted octanol–water partition coefficient (Wildman–Crippen LogP) is 2.10. The first-order valence-corrected chi connectivity index (χ1v) is 8.46. The molecule has 2 N–H and O–H groups in total. The molecule has 1 aliphatic carbocycles. The summed E-state index contributed by atoms with van der Waals surface area (Å²) in [4.78, 5) is 23.7. The highest BCUT2D eigenvalue weighted by Crippen LogP contribution is 2.20. The molecule has 0 radical (unpaired) electrons. The molecule has 5 nitrogen and oxygen atoms in total. The number of hydrogen-bond acceptors (Lipinski definition) is 5. The summed E-state index contributed by atoms with van der Waals surface area (Å²) in [7, 11) is 0. The molecule has 0 saturated carbocycles. The molecule has 26 heavy (non-hydrogen) atoms. The van der Waals surface area contributed by atoms with E-state index in [9.17, 15) is 19.8 Å². The van der Waals surface area contributed by atoms with Gasteiger partial charge in [-0.05, 0) is 35.8 Å². The lowest BCUT2D eigenvalue weighted by atomic mass is 9.92. The Morgan fingerprint density at radius 2 is 1.54 bits per heavy atom. The van der Waals surface area contributed by atoms with Gasteiger partial charge in [0.25, 0.3) is 0 Å². The summed E-state index contributed by atoms with van der Waals surface area (Å²) in [5, 5.41) is 20.1. The van der Waals surface area contributed by atoms with E-state index in [0.717, 1.165) is 5.56 Å². The molecule has 0 fully saturated rings. The van der Waals surface area contributed by atoms with E-state index < -0.39 is 12.4 Å². The SMILES string of the molecule is O=C1C=CC(=O)c2cc(CC(O)C(O)OCCc3ccccc3)ccc21. The Morgan fingerprint density at radius 3 is 2.27 bits per heavy atom. The Balaban J connectivity index is 1.56. The molecule has 3 rings (SSSR count). The predicted molar refractivity (Wildman–Crippen MR) is 96.1 cm³/mol. The Morgan fingerprint density at radius 1 is 0.846 bits per heavy atom. The topological polar surface area (TPSA) is 83.8 Å². The molecule has 0 spiro atoms. The van der Waals surface area contributed by atoms with Crippen molar-refractivity contribution in [1.82, 2.24) is 0 Å². The van der Waals surface area contributed by atoms with Crippen molar-refractivity contribution in [3.63, 3.8) is 0 Å². The molecular formula is C21H20O5. The van der Waals surface area contributed by atoms with E-state index in [1.807, 2.05) is 30.3 Å². The third-order valence-electron chi connectivity index (χ3n) is 4.30. The fourth-order valence-electron chi connectivity index (χ4n) is 2.86. The summed E-state index contributed by atoms with van der Waals surface area (Å²) < 4.78 is 5.30. The highest BCUT2D eigenvalue weighted by molar-refractivity contribution is 6.22. The third kappa shape index (κ3) is 4.32. The van der Waals surface area contributed by atoms with Crippen LogP contribution in [0.15, 0.2) is 60.7 Å². The van der Waals surface area contributed by atoms with Crippen molar-refractivity contribution < 1.29 is 24.5 Å². The molecular weight excluding hydrogens is 332 g/mol. The molecule has 0 aliphatic heterocycles. The maximum atomic E-state index is 11.9. The molecule has 1 aliphatic rings. The second-order valence-corrected chi connectivity index (χ2v) is 6.21. The van der Waals surface area contributed by atoms with E-state index in [-0.39, 0.29) is 24.6 Å². The van der Waals surface area contributed by atoms with Crippen molar-refractivity contribution >= 4 is 11.6 Å². The number of hydrogen-bond donors (Lipinski definition) is 2. The zero-order valence-electron chi connectivity index (χ0n) is 14.2. The number of allylic oxidation sites excluding steroid dienone is 2. The van der Waals surface area contributed by atoms with E-state index in [2.05, 4.69) is 0 Å². The van der Waals surface area contributed by atoms with Crippen LogP contribution in [-0.4, -0.2) is 40.8 Å². The van der Waals surface area contributed by atoms with Gasteiger partial charge in [-0.15, -0.1) is 0 Å². The number of ketones is 2. The number of carbonyl (C=O) groups excluding carboxylic acids is 2. The zero-order chi connectivity index (χ0) is 18.5. The quantitative estimate of drug-likeness (QED) is 0.746. The Labute approximate surface area is 151 Å². The number of benzene rings is 2. The van der Waals surface area contributed by atoms with Crippen LogP contribution in [0, 0.1) is 0 Å². The first-order chi connectivity index (χ1) is 12.5. The minimum atomic E-state index is -1.33. The first-order valence-electron chi connectivity index (χ1n) is 8.46. The van der Waals surface area contributed by atoms with E-state index in [1.165, 1.54) is 12.2 Å². The van der Waals surface area contributed by atoms with Crippen LogP contribution in [0.5, 0.6) is 0 Å². The van der Waals surface area contributed by atoms with Gasteiger partial charge in [-0.3, -0.25) is 9.59 Å². The summed E-state index contributed by atoms with van der Waals surface area (Å²) >= 11 is 0. The third-order valence-corrected chi connectivity index (χ3v) is 4.30. The molecule has 2 atom stereocenters. The van der Waals surface area contributed by atoms with Crippen LogP contribution in [0.4, 0.5) is 0 Å². The standard InChI is InChI=1S/C21H20O5/c22-18-8-9-19(23)17-12-15(6-7-16(17)18)13-20(24)21(25)26-11-10-14-4-2-1-3-5-14/h1-9,12,20-21,24-25H,10-11,13H2. The van der Waals surface area contributed by atoms with Crippen molar-refractivity contribution in [2.45, 2.75) is 25.2 Å². The largest absolute Gasteiger partial charge is 0.387 e. The van der Waals surface area contributed by atoms with Gasteiger partial charge in [-0.1, -0.05) is 42.5 Å². The molecule has 0 bridgehead atoms. The summed E-state index contributed by atoms with van der Waals surface area (Å²) in [6, 6.07) is 14.5. The maximum Gasteiger partial charge on any atom is 0.186 e. The summed E-state index contributed by atoms with van der Waals surface area (Å²) in [5.74, 6) is -0.452. The van der Waals surface area contributed by atoms with Crippen molar-refractivity contribution in [1.29, 1.82) is 0 Å². The second-order valence-electron chi connectivity index (χ2n) is 6.21. The molecule has 5 heteroatoms. The number of carbonyl (C=O) groups is 2. The van der Waals surface area contributed by atoms with Gasteiger partial charge in [-0.2, -0.15) is 0 Å². The van der Waals surface area contributed by atoms with Gasteiger partial charge in [0.15, 0.2) is 17.9 Å². The molecule has 0 saturated heterocycles. The maximum absolute atomic E-state index is 11.9. The fourth-order valence-corrected chi connectivity index (χ4v) is 2.86. The van der Waals surface area contributed by atoms with Crippen molar-refractivity contribution in [2.24, 2.45) is 0 Å². The van der Waals surface area contributed by atoms with Gasteiger partial charge >= 0.3 is 0 Å². The monoisotopic (exact) mass is 352 g/mol. The van der Waals surface area contributed by atoms with E-state index in [1.54, 1.807) is 18.2 Å². The molecule has 0 amide bonds. The number of aliphatic hydroxyl groups excluding tert-OH is 2. The highest BCUT2D eigenvalue weighted by Gasteiger charge is 2.22. The number of fused-ring (bicyclic) bond motifs is 1. The number of ether oxygens (including phenoxy) is 1. The Kier molecular flexibility index (Phi) is 5.73. The smallest absolute Gasteiger partial charge is 0.186 e. The van der Waals surface area contributed by atoms with E-state index in [4.69, 9.17) is 4.74 Å². The van der Waals surface area contributed by atoms with Crippen molar-refractivity contribution in [3.05, 3.63) is 82.9 Å². The Bertz CT molecular complexity index is 826. The molecule has 0 heterocycles. The average Bonchev–Trinajstić information content (AvgIpc) is 2.65. The minimum Gasteiger partial charge on any atom is -0.387 e. The second kappa shape index (κ2) is 8.19. The molecule has 2 unspecified atom stereocenters. The highest BCUT2D eigenvalue weighted by atomic mass is 16.6. The lowest BCUT2D eigenvalue weighted by molar-refractivity contribution is -0.160. The molecule has 134 valence electrons. The Hall–Kier alpha value is -2.60. The van der Waals surface area contributed by atoms with Gasteiger partial charge < -0.3 is 14.9 Å². The van der Waals surface area contributed by atoms with Gasteiger partial charge in [0.2, 0.25) is 0 Å². The average molecular weight is 352 g/mol. The van der Waals surface area contributed by atoms with E-state index in [0.29, 0.717) is 23.1 Å². The molecule has 2 aromatic carbocycles. The van der Waals surface area contributed by atoms with Crippen LogP contribution < -0.4 is 0 Å². The number of aliphatic hydroxyl groups is 2. The lowest BCUT2D eigenvalue weighted by Crippen LogP contribution is -2.31. The lowest BCUT2D eigenvalue weighted by Gasteiger charge is -2.19. The van der Waals surface area contributed by atoms with Gasteiger partial charge in [-0.25, -0.2) is 0 Å². The van der Waals surface area contributed by atoms with Crippen LogP contribution >= 0.6 is 0 Å². The number of rotatable bonds is 7. The fraction of sp³-hybridized carbons (Fsp3) is 0.238. The van der Waals surface area contributed by atoms with Gasteiger partial charge in [0.1, 0.15) is 6.10 Å². The van der Waals surface area contributed by atoms with Crippen LogP contribution in [0.2, 0.25) is 0 Å². The van der Waals surface area contributed by atoms with Crippen LogP contribution in [-0.2, 0) is 17.6 Å². The molecule has 2 aromatic rings. The van der Waals surface area contributed by atoms with Crippen LogP contribution in [0.1, 0.15) is 31.8 Å².